The highest BCUT2D eigenvalue weighted by atomic mass is 28.3. The Morgan fingerprint density at radius 1 is 0.875 bits per heavy atom. The summed E-state index contributed by atoms with van der Waals surface area (Å²) in [5.74, 6) is 0. The van der Waals surface area contributed by atoms with E-state index in [1.165, 1.54) is 43.7 Å². The highest BCUT2D eigenvalue weighted by Gasteiger charge is 2.27. The van der Waals surface area contributed by atoms with Crippen LogP contribution in [0.1, 0.15) is 48.0 Å². The molecule has 0 aliphatic rings. The van der Waals surface area contributed by atoms with Gasteiger partial charge in [-0.25, -0.2) is 0 Å². The van der Waals surface area contributed by atoms with Crippen molar-refractivity contribution >= 4 is 8.07 Å². The molecular weight excluding hydrogens is 210 g/mol. The van der Waals surface area contributed by atoms with Crippen molar-refractivity contribution in [3.8, 4) is 0 Å². The molecule has 0 rings (SSSR count). The number of hydrogen-bond donors (Lipinski definition) is 0. The first-order valence-electron chi connectivity index (χ1n) is 7.33. The van der Waals surface area contributed by atoms with Crippen molar-refractivity contribution in [2.45, 2.75) is 78.2 Å². The highest BCUT2D eigenvalue weighted by Crippen LogP contribution is 2.27. The lowest BCUT2D eigenvalue weighted by molar-refractivity contribution is 0.226. The second-order valence-corrected chi connectivity index (χ2v) is 10.8. The largest absolute Gasteiger partial charge is 0.301 e. The minimum atomic E-state index is -0.878. The Morgan fingerprint density at radius 3 is 1.62 bits per heavy atom. The zero-order valence-electron chi connectivity index (χ0n) is 12.5. The molecule has 0 spiro atoms. The molecule has 16 heavy (non-hydrogen) atoms. The van der Waals surface area contributed by atoms with E-state index < -0.39 is 8.07 Å². The third kappa shape index (κ3) is 4.58. The standard InChI is InChI=1S/C14H33NSi/c1-7-15(8-2)14(6)12-13-16(9-3,10-4)11-5/h14H,7-13H2,1-6H3. The van der Waals surface area contributed by atoms with E-state index in [1.54, 1.807) is 0 Å². The third-order valence-electron chi connectivity index (χ3n) is 4.78. The van der Waals surface area contributed by atoms with Gasteiger partial charge >= 0.3 is 0 Å². The number of nitrogens with zero attached hydrogens (tertiary/aromatic N) is 1. The number of rotatable bonds is 9. The molecule has 0 bridgehead atoms. The lowest BCUT2D eigenvalue weighted by atomic mass is 10.2. The van der Waals surface area contributed by atoms with Crippen LogP contribution in [0.2, 0.25) is 24.2 Å². The van der Waals surface area contributed by atoms with E-state index in [2.05, 4.69) is 46.4 Å². The second kappa shape index (κ2) is 8.29. The minimum absolute atomic E-state index is 0.784. The Morgan fingerprint density at radius 2 is 1.31 bits per heavy atom. The molecule has 1 nitrogen and oxygen atoms in total. The molecular formula is C14H33NSi. The molecule has 0 aliphatic heterocycles. The summed E-state index contributed by atoms with van der Waals surface area (Å²) in [6, 6.07) is 6.75. The molecule has 0 aliphatic carbocycles. The fraction of sp³-hybridized carbons (Fsp3) is 1.00. The molecule has 98 valence electrons. The van der Waals surface area contributed by atoms with Crippen LogP contribution >= 0.6 is 0 Å². The van der Waals surface area contributed by atoms with Gasteiger partial charge in [0.15, 0.2) is 0 Å². The topological polar surface area (TPSA) is 3.24 Å². The van der Waals surface area contributed by atoms with Gasteiger partial charge in [0.2, 0.25) is 0 Å². The zero-order chi connectivity index (χ0) is 12.6. The molecule has 0 N–H and O–H groups in total. The zero-order valence-corrected chi connectivity index (χ0v) is 13.5. The molecule has 2 heteroatoms. The van der Waals surface area contributed by atoms with E-state index in [0.29, 0.717) is 0 Å². The van der Waals surface area contributed by atoms with Crippen molar-refractivity contribution in [3.05, 3.63) is 0 Å². The fourth-order valence-corrected chi connectivity index (χ4v) is 6.42. The first kappa shape index (κ1) is 16.2. The molecule has 0 amide bonds. The maximum atomic E-state index is 2.60. The molecule has 0 aromatic heterocycles. The van der Waals surface area contributed by atoms with Crippen molar-refractivity contribution in [1.82, 2.24) is 4.90 Å². The summed E-state index contributed by atoms with van der Waals surface area (Å²) < 4.78 is 0. The lowest BCUT2D eigenvalue weighted by Gasteiger charge is -2.32. The van der Waals surface area contributed by atoms with Crippen molar-refractivity contribution in [3.63, 3.8) is 0 Å². The minimum Gasteiger partial charge on any atom is -0.301 e. The molecule has 0 heterocycles. The van der Waals surface area contributed by atoms with Crippen LogP contribution in [0.15, 0.2) is 0 Å². The molecule has 0 fully saturated rings. The predicted molar refractivity (Wildman–Crippen MR) is 79.0 cm³/mol. The van der Waals surface area contributed by atoms with Gasteiger partial charge in [-0.15, -0.1) is 0 Å². The summed E-state index contributed by atoms with van der Waals surface area (Å²) in [6.45, 7) is 16.6. The van der Waals surface area contributed by atoms with Gasteiger partial charge in [0.05, 0.1) is 8.07 Å². The maximum Gasteiger partial charge on any atom is 0.0528 e. The van der Waals surface area contributed by atoms with E-state index in [-0.39, 0.29) is 0 Å². The average molecular weight is 244 g/mol. The first-order chi connectivity index (χ1) is 7.59. The summed E-state index contributed by atoms with van der Waals surface area (Å²) >= 11 is 0. The SMILES string of the molecule is CCN(CC)C(C)CC[Si](CC)(CC)CC. The van der Waals surface area contributed by atoms with Gasteiger partial charge in [0.25, 0.3) is 0 Å². The predicted octanol–water partition coefficient (Wildman–Crippen LogP) is 4.62. The average Bonchev–Trinajstić information content (AvgIpc) is 2.33. The summed E-state index contributed by atoms with van der Waals surface area (Å²) in [5.41, 5.74) is 0. The van der Waals surface area contributed by atoms with Gasteiger partial charge in [-0.3, -0.25) is 0 Å². The Bertz CT molecular complexity index is 154. The smallest absolute Gasteiger partial charge is 0.0528 e. The van der Waals surface area contributed by atoms with Gasteiger partial charge < -0.3 is 4.90 Å². The van der Waals surface area contributed by atoms with E-state index in [4.69, 9.17) is 0 Å². The van der Waals surface area contributed by atoms with Crippen LogP contribution in [0.25, 0.3) is 0 Å². The maximum absolute atomic E-state index is 2.60. The monoisotopic (exact) mass is 243 g/mol. The van der Waals surface area contributed by atoms with Crippen LogP contribution < -0.4 is 0 Å². The summed E-state index contributed by atoms with van der Waals surface area (Å²) in [4.78, 5) is 2.60. The van der Waals surface area contributed by atoms with Crippen LogP contribution in [0.4, 0.5) is 0 Å². The van der Waals surface area contributed by atoms with Crippen molar-refractivity contribution in [2.75, 3.05) is 13.1 Å². The van der Waals surface area contributed by atoms with E-state index in [9.17, 15) is 0 Å². The molecule has 1 unspecified atom stereocenters. The van der Waals surface area contributed by atoms with Crippen molar-refractivity contribution in [1.29, 1.82) is 0 Å². The summed E-state index contributed by atoms with van der Waals surface area (Å²) in [5, 5.41) is 0. The van der Waals surface area contributed by atoms with E-state index in [0.717, 1.165) is 6.04 Å². The molecule has 0 saturated heterocycles. The van der Waals surface area contributed by atoms with Gasteiger partial charge in [-0.1, -0.05) is 58.8 Å². The van der Waals surface area contributed by atoms with Crippen molar-refractivity contribution < 1.29 is 0 Å². The fourth-order valence-electron chi connectivity index (χ4n) is 2.82. The van der Waals surface area contributed by atoms with Gasteiger partial charge in [-0.05, 0) is 26.4 Å². The second-order valence-electron chi connectivity index (χ2n) is 5.17. The van der Waals surface area contributed by atoms with Crippen LogP contribution in [-0.4, -0.2) is 32.1 Å². The first-order valence-corrected chi connectivity index (χ1v) is 10.2. The van der Waals surface area contributed by atoms with Crippen LogP contribution in [0.3, 0.4) is 0 Å². The summed E-state index contributed by atoms with van der Waals surface area (Å²) in [7, 11) is -0.878. The quantitative estimate of drug-likeness (QED) is 0.534. The van der Waals surface area contributed by atoms with E-state index in [1.807, 2.05) is 0 Å². The third-order valence-corrected chi connectivity index (χ3v) is 10.6. The lowest BCUT2D eigenvalue weighted by Crippen LogP contribution is -2.37. The molecule has 0 aromatic rings. The Kier molecular flexibility index (Phi) is 8.39. The van der Waals surface area contributed by atoms with E-state index >= 15 is 0 Å². The van der Waals surface area contributed by atoms with Crippen molar-refractivity contribution in [2.24, 2.45) is 0 Å². The normalized spacial score (nSPS) is 14.4. The Hall–Kier alpha value is 0.177. The molecule has 0 aromatic carbocycles. The van der Waals surface area contributed by atoms with Crippen LogP contribution in [0, 0.1) is 0 Å². The van der Waals surface area contributed by atoms with Crippen LogP contribution in [0.5, 0.6) is 0 Å². The Labute approximate surface area is 105 Å². The highest BCUT2D eigenvalue weighted by molar-refractivity contribution is 6.79. The number of hydrogen-bond acceptors (Lipinski definition) is 1. The molecule has 0 radical (unpaired) electrons. The Balaban J connectivity index is 4.19. The molecule has 0 saturated carbocycles. The van der Waals surface area contributed by atoms with Gasteiger partial charge in [0.1, 0.15) is 0 Å². The molecule has 1 atom stereocenters. The van der Waals surface area contributed by atoms with Gasteiger partial charge in [-0.2, -0.15) is 0 Å². The van der Waals surface area contributed by atoms with Gasteiger partial charge in [0, 0.05) is 6.04 Å². The summed E-state index contributed by atoms with van der Waals surface area (Å²) in [6.07, 6.45) is 1.42. The van der Waals surface area contributed by atoms with Crippen LogP contribution in [-0.2, 0) is 0 Å².